The average Bonchev–Trinajstić information content (AvgIpc) is 2.40. The molecule has 1 aliphatic carbocycles. The molecule has 0 unspecified atom stereocenters. The Bertz CT molecular complexity index is 521. The van der Waals surface area contributed by atoms with Crippen LogP contribution in [0.4, 0.5) is 0 Å². The fourth-order valence-electron chi connectivity index (χ4n) is 2.77. The van der Waals surface area contributed by atoms with Gasteiger partial charge in [-0.05, 0) is 31.0 Å². The normalized spacial score (nSPS) is 17.8. The van der Waals surface area contributed by atoms with Crippen LogP contribution in [-0.4, -0.2) is 30.4 Å². The first-order valence-electron chi connectivity index (χ1n) is 6.86. The van der Waals surface area contributed by atoms with Crippen molar-refractivity contribution in [3.63, 3.8) is 0 Å². The molecule has 0 aromatic heterocycles. The molecule has 1 fully saturated rings. The van der Waals surface area contributed by atoms with Crippen molar-refractivity contribution in [1.82, 2.24) is 4.31 Å². The number of phenols is 1. The van der Waals surface area contributed by atoms with Crippen LogP contribution in [-0.2, 0) is 10.0 Å². The van der Waals surface area contributed by atoms with Crippen LogP contribution in [0.25, 0.3) is 0 Å². The van der Waals surface area contributed by atoms with Crippen molar-refractivity contribution < 1.29 is 13.5 Å². The summed E-state index contributed by atoms with van der Waals surface area (Å²) in [4.78, 5) is 0.180. The predicted molar refractivity (Wildman–Crippen MR) is 74.5 cm³/mol. The van der Waals surface area contributed by atoms with E-state index in [1.807, 2.05) is 6.92 Å². The molecule has 0 amide bonds. The van der Waals surface area contributed by atoms with Crippen LogP contribution in [0, 0.1) is 0 Å². The molecule has 2 rings (SSSR count). The van der Waals surface area contributed by atoms with Gasteiger partial charge in [-0.2, -0.15) is 4.31 Å². The molecular weight excluding hydrogens is 262 g/mol. The van der Waals surface area contributed by atoms with E-state index in [4.69, 9.17) is 0 Å². The largest absolute Gasteiger partial charge is 0.508 e. The number of hydrogen-bond acceptors (Lipinski definition) is 3. The van der Waals surface area contributed by atoms with Crippen molar-refractivity contribution >= 4 is 10.0 Å². The molecule has 0 heterocycles. The third-order valence-corrected chi connectivity index (χ3v) is 5.74. The standard InChI is InChI=1S/C14H21NO3S/c1-2-15(12-7-4-3-5-8-12)19(17,18)14-10-6-9-13(16)11-14/h6,9-12,16H,2-5,7-8H2,1H3. The van der Waals surface area contributed by atoms with Crippen LogP contribution in [0.2, 0.25) is 0 Å². The van der Waals surface area contributed by atoms with Gasteiger partial charge in [-0.25, -0.2) is 8.42 Å². The summed E-state index contributed by atoms with van der Waals surface area (Å²) in [6.07, 6.45) is 5.26. The highest BCUT2D eigenvalue weighted by Gasteiger charge is 2.31. The minimum absolute atomic E-state index is 0.0132. The second kappa shape index (κ2) is 5.92. The van der Waals surface area contributed by atoms with E-state index in [2.05, 4.69) is 0 Å². The zero-order chi connectivity index (χ0) is 13.9. The number of benzene rings is 1. The molecule has 1 aromatic carbocycles. The van der Waals surface area contributed by atoms with Crippen LogP contribution in [0.1, 0.15) is 39.0 Å². The molecule has 19 heavy (non-hydrogen) atoms. The number of hydrogen-bond donors (Lipinski definition) is 1. The molecule has 1 aliphatic rings. The van der Waals surface area contributed by atoms with E-state index >= 15 is 0 Å². The number of aromatic hydroxyl groups is 1. The van der Waals surface area contributed by atoms with Crippen LogP contribution in [0.5, 0.6) is 5.75 Å². The molecule has 0 spiro atoms. The molecule has 0 atom stereocenters. The maximum absolute atomic E-state index is 12.6. The van der Waals surface area contributed by atoms with E-state index in [1.165, 1.54) is 18.6 Å². The van der Waals surface area contributed by atoms with Gasteiger partial charge in [-0.15, -0.1) is 0 Å². The number of phenolic OH excluding ortho intramolecular Hbond substituents is 1. The summed E-state index contributed by atoms with van der Waals surface area (Å²) in [5.41, 5.74) is 0. The highest BCUT2D eigenvalue weighted by molar-refractivity contribution is 7.89. The molecule has 0 aliphatic heterocycles. The Morgan fingerprint density at radius 3 is 2.53 bits per heavy atom. The molecule has 1 N–H and O–H groups in total. The maximum Gasteiger partial charge on any atom is 0.243 e. The van der Waals surface area contributed by atoms with Crippen LogP contribution in [0.15, 0.2) is 29.2 Å². The zero-order valence-electron chi connectivity index (χ0n) is 11.2. The Balaban J connectivity index is 2.30. The van der Waals surface area contributed by atoms with Gasteiger partial charge >= 0.3 is 0 Å². The second-order valence-corrected chi connectivity index (χ2v) is 6.89. The average molecular weight is 283 g/mol. The maximum atomic E-state index is 12.6. The van der Waals surface area contributed by atoms with E-state index in [9.17, 15) is 13.5 Å². The van der Waals surface area contributed by atoms with Crippen LogP contribution < -0.4 is 0 Å². The van der Waals surface area contributed by atoms with Gasteiger partial charge in [-0.3, -0.25) is 0 Å². The summed E-state index contributed by atoms with van der Waals surface area (Å²) >= 11 is 0. The molecule has 1 aromatic rings. The zero-order valence-corrected chi connectivity index (χ0v) is 12.1. The van der Waals surface area contributed by atoms with E-state index in [1.54, 1.807) is 16.4 Å². The van der Waals surface area contributed by atoms with E-state index < -0.39 is 10.0 Å². The lowest BCUT2D eigenvalue weighted by atomic mass is 9.95. The Morgan fingerprint density at radius 2 is 1.95 bits per heavy atom. The quantitative estimate of drug-likeness (QED) is 0.924. The molecule has 0 bridgehead atoms. The fourth-order valence-corrected chi connectivity index (χ4v) is 4.51. The van der Waals surface area contributed by atoms with Gasteiger partial charge in [0.1, 0.15) is 5.75 Å². The fraction of sp³-hybridized carbons (Fsp3) is 0.571. The first-order chi connectivity index (χ1) is 9.05. The third-order valence-electron chi connectivity index (χ3n) is 3.72. The predicted octanol–water partition coefficient (Wildman–Crippen LogP) is 2.74. The molecular formula is C14H21NO3S. The smallest absolute Gasteiger partial charge is 0.243 e. The van der Waals surface area contributed by atoms with Gasteiger partial charge in [0.05, 0.1) is 4.90 Å². The van der Waals surface area contributed by atoms with Crippen molar-refractivity contribution in [2.24, 2.45) is 0 Å². The number of nitrogens with zero attached hydrogens (tertiary/aromatic N) is 1. The second-order valence-electron chi connectivity index (χ2n) is 5.00. The van der Waals surface area contributed by atoms with Gasteiger partial charge in [0.2, 0.25) is 10.0 Å². The van der Waals surface area contributed by atoms with Crippen molar-refractivity contribution in [3.8, 4) is 5.75 Å². The Morgan fingerprint density at radius 1 is 1.26 bits per heavy atom. The highest BCUT2D eigenvalue weighted by atomic mass is 32.2. The SMILES string of the molecule is CCN(C1CCCCC1)S(=O)(=O)c1cccc(O)c1. The lowest BCUT2D eigenvalue weighted by Gasteiger charge is -2.32. The van der Waals surface area contributed by atoms with Gasteiger partial charge in [0.15, 0.2) is 0 Å². The number of sulfonamides is 1. The van der Waals surface area contributed by atoms with Crippen molar-refractivity contribution in [2.45, 2.75) is 50.0 Å². The van der Waals surface area contributed by atoms with Gasteiger partial charge < -0.3 is 5.11 Å². The van der Waals surface area contributed by atoms with E-state index in [0.717, 1.165) is 25.7 Å². The van der Waals surface area contributed by atoms with Crippen molar-refractivity contribution in [2.75, 3.05) is 6.54 Å². The molecule has 0 saturated heterocycles. The van der Waals surface area contributed by atoms with Gasteiger partial charge in [0, 0.05) is 12.6 Å². The monoisotopic (exact) mass is 283 g/mol. The first-order valence-corrected chi connectivity index (χ1v) is 8.30. The Labute approximate surface area is 115 Å². The summed E-state index contributed by atoms with van der Waals surface area (Å²) in [6.45, 7) is 2.34. The number of rotatable bonds is 4. The Kier molecular flexibility index (Phi) is 4.47. The summed E-state index contributed by atoms with van der Waals surface area (Å²) < 4.78 is 26.8. The lowest BCUT2D eigenvalue weighted by molar-refractivity contribution is 0.261. The van der Waals surface area contributed by atoms with E-state index in [-0.39, 0.29) is 16.7 Å². The molecule has 1 saturated carbocycles. The van der Waals surface area contributed by atoms with Crippen molar-refractivity contribution in [3.05, 3.63) is 24.3 Å². The third kappa shape index (κ3) is 3.09. The topological polar surface area (TPSA) is 57.6 Å². The Hall–Kier alpha value is -1.07. The van der Waals surface area contributed by atoms with Gasteiger partial charge in [0.25, 0.3) is 0 Å². The molecule has 106 valence electrons. The van der Waals surface area contributed by atoms with Gasteiger partial charge in [-0.1, -0.05) is 32.3 Å². The first kappa shape index (κ1) is 14.3. The molecule has 4 nitrogen and oxygen atoms in total. The van der Waals surface area contributed by atoms with Crippen LogP contribution >= 0.6 is 0 Å². The summed E-state index contributed by atoms with van der Waals surface area (Å²) in [5.74, 6) is -0.0132. The van der Waals surface area contributed by atoms with E-state index in [0.29, 0.717) is 6.54 Å². The van der Waals surface area contributed by atoms with Crippen LogP contribution in [0.3, 0.4) is 0 Å². The highest BCUT2D eigenvalue weighted by Crippen LogP contribution is 2.28. The molecule has 5 heteroatoms. The summed E-state index contributed by atoms with van der Waals surface area (Å²) in [7, 11) is -3.50. The lowest BCUT2D eigenvalue weighted by Crippen LogP contribution is -2.41. The summed E-state index contributed by atoms with van der Waals surface area (Å²) in [6, 6.07) is 6.01. The summed E-state index contributed by atoms with van der Waals surface area (Å²) in [5, 5.41) is 9.46. The molecule has 0 radical (unpaired) electrons. The minimum atomic E-state index is -3.50. The minimum Gasteiger partial charge on any atom is -0.508 e. The van der Waals surface area contributed by atoms with Crippen molar-refractivity contribution in [1.29, 1.82) is 0 Å².